The third-order valence-electron chi connectivity index (χ3n) is 4.44. The molecule has 0 aliphatic rings. The highest BCUT2D eigenvalue weighted by Gasteiger charge is 2.11. The molecule has 0 radical (unpaired) electrons. The quantitative estimate of drug-likeness (QED) is 0.455. The van der Waals surface area contributed by atoms with Crippen LogP contribution in [0.4, 0.5) is 17.2 Å². The van der Waals surface area contributed by atoms with Crippen LogP contribution in [0.1, 0.15) is 13.3 Å². The average Bonchev–Trinajstić information content (AvgIpc) is 2.75. The molecule has 0 saturated heterocycles. The Hall–Kier alpha value is -3.52. The van der Waals surface area contributed by atoms with Crippen molar-refractivity contribution in [3.8, 4) is 11.4 Å². The van der Waals surface area contributed by atoms with E-state index in [4.69, 9.17) is 4.98 Å². The van der Waals surface area contributed by atoms with Crippen molar-refractivity contribution in [2.45, 2.75) is 13.3 Å². The predicted molar refractivity (Wildman–Crippen MR) is 120 cm³/mol. The van der Waals surface area contributed by atoms with Crippen LogP contribution in [0, 0.1) is 0 Å². The van der Waals surface area contributed by atoms with Gasteiger partial charge < -0.3 is 5.32 Å². The van der Waals surface area contributed by atoms with Crippen molar-refractivity contribution in [3.63, 3.8) is 0 Å². The molecule has 8 heteroatoms. The van der Waals surface area contributed by atoms with Gasteiger partial charge in [0.05, 0.1) is 11.3 Å². The molecule has 2 aromatic carbocycles. The second-order valence-electron chi connectivity index (χ2n) is 6.77. The minimum atomic E-state index is -3.32. The fourth-order valence-corrected chi connectivity index (χ4v) is 4.19. The van der Waals surface area contributed by atoms with Crippen molar-refractivity contribution >= 4 is 38.1 Å². The monoisotopic (exact) mass is 419 g/mol. The summed E-state index contributed by atoms with van der Waals surface area (Å²) in [5.41, 5.74) is 3.02. The van der Waals surface area contributed by atoms with Crippen LogP contribution in [0.15, 0.2) is 73.1 Å². The summed E-state index contributed by atoms with van der Waals surface area (Å²) in [5.74, 6) is 1.37. The van der Waals surface area contributed by atoms with E-state index >= 15 is 0 Å². The number of benzene rings is 2. The van der Waals surface area contributed by atoms with Crippen LogP contribution < -0.4 is 10.0 Å². The zero-order valence-corrected chi connectivity index (χ0v) is 17.2. The minimum Gasteiger partial charge on any atom is -0.340 e. The first kappa shape index (κ1) is 19.8. The van der Waals surface area contributed by atoms with Gasteiger partial charge in [-0.1, -0.05) is 19.1 Å². The van der Waals surface area contributed by atoms with Gasteiger partial charge in [-0.3, -0.25) is 9.71 Å². The molecule has 2 heterocycles. The van der Waals surface area contributed by atoms with E-state index in [0.717, 1.165) is 22.2 Å². The Morgan fingerprint density at radius 2 is 1.57 bits per heavy atom. The molecular weight excluding hydrogens is 398 g/mol. The van der Waals surface area contributed by atoms with E-state index in [9.17, 15) is 8.42 Å². The number of nitrogens with zero attached hydrogens (tertiary/aromatic N) is 3. The average molecular weight is 420 g/mol. The molecule has 0 unspecified atom stereocenters. The highest BCUT2D eigenvalue weighted by atomic mass is 32.2. The first-order valence-electron chi connectivity index (χ1n) is 9.59. The molecule has 152 valence electrons. The molecule has 0 bridgehead atoms. The fraction of sp³-hybridized carbons (Fsp3) is 0.136. The standard InChI is InChI=1S/C22H21N5O2S/c1-2-15-30(28,29)27-18-9-7-17(8-10-18)24-22-19-5-3-4-6-20(19)25-21(26-22)16-11-13-23-14-12-16/h3-14,27H,2,15H2,1H3,(H,24,25,26). The number of anilines is 3. The van der Waals surface area contributed by atoms with Crippen LogP contribution in [0.3, 0.4) is 0 Å². The van der Waals surface area contributed by atoms with Crippen molar-refractivity contribution in [2.75, 3.05) is 15.8 Å². The lowest BCUT2D eigenvalue weighted by atomic mass is 10.2. The van der Waals surface area contributed by atoms with E-state index in [1.54, 1.807) is 24.5 Å². The van der Waals surface area contributed by atoms with Crippen LogP contribution in [-0.4, -0.2) is 29.1 Å². The number of aromatic nitrogens is 3. The van der Waals surface area contributed by atoms with Gasteiger partial charge in [-0.15, -0.1) is 0 Å². The summed E-state index contributed by atoms with van der Waals surface area (Å²) >= 11 is 0. The Morgan fingerprint density at radius 1 is 0.867 bits per heavy atom. The van der Waals surface area contributed by atoms with Gasteiger partial charge in [-0.05, 0) is 55.0 Å². The number of para-hydroxylation sites is 1. The topological polar surface area (TPSA) is 96.9 Å². The van der Waals surface area contributed by atoms with Crippen LogP contribution in [0.2, 0.25) is 0 Å². The largest absolute Gasteiger partial charge is 0.340 e. The maximum atomic E-state index is 11.9. The van der Waals surface area contributed by atoms with Gasteiger partial charge in [-0.2, -0.15) is 0 Å². The predicted octanol–water partition coefficient (Wildman–Crippen LogP) is 4.59. The van der Waals surface area contributed by atoms with Gasteiger partial charge in [-0.25, -0.2) is 18.4 Å². The number of rotatable bonds is 7. The lowest BCUT2D eigenvalue weighted by Crippen LogP contribution is -2.15. The lowest BCUT2D eigenvalue weighted by Gasteiger charge is -2.12. The van der Waals surface area contributed by atoms with Crippen LogP contribution in [0.5, 0.6) is 0 Å². The van der Waals surface area contributed by atoms with Gasteiger partial charge in [0.25, 0.3) is 0 Å². The Labute approximate surface area is 175 Å². The first-order chi connectivity index (χ1) is 14.5. The zero-order chi connectivity index (χ0) is 21.0. The molecule has 0 aliphatic carbocycles. The van der Waals surface area contributed by atoms with Crippen LogP contribution in [0.25, 0.3) is 22.3 Å². The highest BCUT2D eigenvalue weighted by molar-refractivity contribution is 7.92. The summed E-state index contributed by atoms with van der Waals surface area (Å²) in [4.78, 5) is 13.4. The van der Waals surface area contributed by atoms with Crippen molar-refractivity contribution in [1.82, 2.24) is 15.0 Å². The molecule has 30 heavy (non-hydrogen) atoms. The lowest BCUT2D eigenvalue weighted by molar-refractivity contribution is 0.600. The summed E-state index contributed by atoms with van der Waals surface area (Å²) in [6, 6.07) is 18.6. The van der Waals surface area contributed by atoms with Crippen molar-refractivity contribution in [2.24, 2.45) is 0 Å². The van der Waals surface area contributed by atoms with Gasteiger partial charge in [0.1, 0.15) is 5.82 Å². The molecule has 4 rings (SSSR count). The normalized spacial score (nSPS) is 11.4. The minimum absolute atomic E-state index is 0.0949. The summed E-state index contributed by atoms with van der Waals surface area (Å²) < 4.78 is 26.5. The SMILES string of the molecule is CCCS(=O)(=O)Nc1ccc(Nc2nc(-c3ccncc3)nc3ccccc23)cc1. The van der Waals surface area contributed by atoms with E-state index in [-0.39, 0.29) is 5.75 Å². The van der Waals surface area contributed by atoms with E-state index in [0.29, 0.717) is 23.8 Å². The van der Waals surface area contributed by atoms with E-state index < -0.39 is 10.0 Å². The van der Waals surface area contributed by atoms with Gasteiger partial charge in [0.15, 0.2) is 5.82 Å². The third kappa shape index (κ3) is 4.55. The Balaban J connectivity index is 1.65. The van der Waals surface area contributed by atoms with Crippen LogP contribution in [-0.2, 0) is 10.0 Å². The van der Waals surface area contributed by atoms with Gasteiger partial charge in [0.2, 0.25) is 10.0 Å². The summed E-state index contributed by atoms with van der Waals surface area (Å²) in [5, 5.41) is 4.22. The Morgan fingerprint density at radius 3 is 2.30 bits per heavy atom. The second-order valence-corrected chi connectivity index (χ2v) is 8.61. The van der Waals surface area contributed by atoms with Crippen molar-refractivity contribution < 1.29 is 8.42 Å². The molecule has 0 aliphatic heterocycles. The molecular formula is C22H21N5O2S. The number of sulfonamides is 1. The highest BCUT2D eigenvalue weighted by Crippen LogP contribution is 2.27. The Bertz CT molecular complexity index is 1260. The van der Waals surface area contributed by atoms with Crippen LogP contribution >= 0.6 is 0 Å². The number of hydrogen-bond acceptors (Lipinski definition) is 6. The molecule has 0 spiro atoms. The molecule has 0 atom stereocenters. The van der Waals surface area contributed by atoms with E-state index in [1.807, 2.05) is 55.5 Å². The molecule has 0 amide bonds. The fourth-order valence-electron chi connectivity index (χ4n) is 3.06. The number of hydrogen-bond donors (Lipinski definition) is 2. The molecule has 4 aromatic rings. The number of pyridine rings is 1. The summed E-state index contributed by atoms with van der Waals surface area (Å²) in [6.07, 6.45) is 3.98. The van der Waals surface area contributed by atoms with Gasteiger partial charge in [0, 0.05) is 34.7 Å². The zero-order valence-electron chi connectivity index (χ0n) is 16.4. The molecule has 2 aromatic heterocycles. The first-order valence-corrected chi connectivity index (χ1v) is 11.2. The number of nitrogens with one attached hydrogen (secondary N) is 2. The third-order valence-corrected chi connectivity index (χ3v) is 5.93. The number of fused-ring (bicyclic) bond motifs is 1. The molecule has 7 nitrogen and oxygen atoms in total. The second kappa shape index (κ2) is 8.46. The molecule has 2 N–H and O–H groups in total. The van der Waals surface area contributed by atoms with E-state index in [1.165, 1.54) is 0 Å². The van der Waals surface area contributed by atoms with Crippen molar-refractivity contribution in [3.05, 3.63) is 73.1 Å². The maximum absolute atomic E-state index is 11.9. The summed E-state index contributed by atoms with van der Waals surface area (Å²) in [6.45, 7) is 1.83. The molecule has 0 saturated carbocycles. The maximum Gasteiger partial charge on any atom is 0.232 e. The van der Waals surface area contributed by atoms with Crippen molar-refractivity contribution in [1.29, 1.82) is 0 Å². The van der Waals surface area contributed by atoms with Gasteiger partial charge >= 0.3 is 0 Å². The van der Waals surface area contributed by atoms with E-state index in [2.05, 4.69) is 20.0 Å². The molecule has 0 fully saturated rings. The summed E-state index contributed by atoms with van der Waals surface area (Å²) in [7, 11) is -3.32. The Kier molecular flexibility index (Phi) is 5.58. The smallest absolute Gasteiger partial charge is 0.232 e.